The van der Waals surface area contributed by atoms with Crippen LogP contribution in [0.2, 0.25) is 0 Å². The van der Waals surface area contributed by atoms with Gasteiger partial charge in [-0.15, -0.1) is 0 Å². The van der Waals surface area contributed by atoms with Gasteiger partial charge in [0.25, 0.3) is 0 Å². The molecule has 0 aliphatic rings. The molecule has 19 heavy (non-hydrogen) atoms. The van der Waals surface area contributed by atoms with Crippen molar-refractivity contribution >= 4 is 5.97 Å². The molecule has 0 fully saturated rings. The minimum absolute atomic E-state index is 0.200. The van der Waals surface area contributed by atoms with E-state index in [1.807, 2.05) is 13.8 Å². The molecule has 0 spiro atoms. The molecular formula is C15H31NO3. The van der Waals surface area contributed by atoms with Crippen molar-refractivity contribution in [2.24, 2.45) is 5.92 Å². The summed E-state index contributed by atoms with van der Waals surface area (Å²) in [6, 6.07) is 0. The number of rotatable bonds is 11. The molecule has 0 rings (SSSR count). The van der Waals surface area contributed by atoms with E-state index in [1.165, 1.54) is 13.5 Å². The van der Waals surface area contributed by atoms with E-state index in [-0.39, 0.29) is 5.97 Å². The molecule has 0 aliphatic heterocycles. The number of carbonyl (C=O) groups is 1. The summed E-state index contributed by atoms with van der Waals surface area (Å²) in [5.41, 5.74) is -0.592. The molecule has 0 amide bonds. The third-order valence-electron chi connectivity index (χ3n) is 3.24. The van der Waals surface area contributed by atoms with Crippen molar-refractivity contribution in [2.45, 2.75) is 58.9 Å². The Kier molecular flexibility index (Phi) is 9.88. The van der Waals surface area contributed by atoms with Crippen LogP contribution in [0.25, 0.3) is 0 Å². The molecule has 0 heterocycles. The summed E-state index contributed by atoms with van der Waals surface area (Å²) in [7, 11) is 1.43. The summed E-state index contributed by atoms with van der Waals surface area (Å²) < 4.78 is 10.4. The first-order valence-electron chi connectivity index (χ1n) is 7.37. The van der Waals surface area contributed by atoms with E-state index in [0.29, 0.717) is 6.61 Å². The molecule has 4 nitrogen and oxygen atoms in total. The fraction of sp³-hybridized carbons (Fsp3) is 0.933. The Morgan fingerprint density at radius 2 is 1.89 bits per heavy atom. The Balaban J connectivity index is 3.79. The summed E-state index contributed by atoms with van der Waals surface area (Å²) in [5.74, 6) is 0.536. The van der Waals surface area contributed by atoms with Gasteiger partial charge >= 0.3 is 5.97 Å². The third-order valence-corrected chi connectivity index (χ3v) is 3.24. The van der Waals surface area contributed by atoms with Crippen LogP contribution in [0.15, 0.2) is 0 Å². The highest BCUT2D eigenvalue weighted by Gasteiger charge is 2.32. The second-order valence-corrected chi connectivity index (χ2v) is 5.61. The van der Waals surface area contributed by atoms with Gasteiger partial charge in [0, 0.05) is 13.2 Å². The summed E-state index contributed by atoms with van der Waals surface area (Å²) in [6.07, 6.45) is 3.91. The van der Waals surface area contributed by atoms with Gasteiger partial charge in [-0.1, -0.05) is 20.8 Å². The normalized spacial score (nSPS) is 14.4. The standard InChI is InChI=1S/C15H31NO3/c1-6-16-15(4,14(17)18-5)10-8-12-19-11-7-9-13(2)3/h13,16H,6-12H2,1-5H3. The Morgan fingerprint density at radius 3 is 2.42 bits per heavy atom. The Bertz CT molecular complexity index is 244. The van der Waals surface area contributed by atoms with Crippen molar-refractivity contribution < 1.29 is 14.3 Å². The molecule has 1 unspecified atom stereocenters. The number of ether oxygens (including phenoxy) is 2. The number of hydrogen-bond acceptors (Lipinski definition) is 4. The first-order valence-corrected chi connectivity index (χ1v) is 7.37. The highest BCUT2D eigenvalue weighted by molar-refractivity contribution is 5.80. The van der Waals surface area contributed by atoms with Gasteiger partial charge < -0.3 is 14.8 Å². The number of nitrogens with one attached hydrogen (secondary N) is 1. The van der Waals surface area contributed by atoms with E-state index in [4.69, 9.17) is 9.47 Å². The van der Waals surface area contributed by atoms with Gasteiger partial charge in [0.15, 0.2) is 0 Å². The van der Waals surface area contributed by atoms with E-state index in [0.717, 1.165) is 38.3 Å². The molecule has 1 atom stereocenters. The van der Waals surface area contributed by atoms with Gasteiger partial charge in [0.05, 0.1) is 7.11 Å². The van der Waals surface area contributed by atoms with Crippen LogP contribution in [-0.2, 0) is 14.3 Å². The Morgan fingerprint density at radius 1 is 1.26 bits per heavy atom. The van der Waals surface area contributed by atoms with Crippen LogP contribution < -0.4 is 5.32 Å². The van der Waals surface area contributed by atoms with Gasteiger partial charge in [0.2, 0.25) is 0 Å². The molecule has 0 bridgehead atoms. The average molecular weight is 273 g/mol. The number of esters is 1. The van der Waals surface area contributed by atoms with Gasteiger partial charge in [-0.2, -0.15) is 0 Å². The zero-order valence-electron chi connectivity index (χ0n) is 13.3. The maximum Gasteiger partial charge on any atom is 0.325 e. The van der Waals surface area contributed by atoms with Gasteiger partial charge in [-0.25, -0.2) is 0 Å². The van der Waals surface area contributed by atoms with Crippen molar-refractivity contribution in [1.29, 1.82) is 0 Å². The number of methoxy groups -OCH3 is 1. The third kappa shape index (κ3) is 8.22. The average Bonchev–Trinajstić information content (AvgIpc) is 2.36. The SMILES string of the molecule is CCNC(C)(CCCOCCCC(C)C)C(=O)OC. The van der Waals surface area contributed by atoms with Gasteiger partial charge in [-0.3, -0.25) is 4.79 Å². The largest absolute Gasteiger partial charge is 0.468 e. The maximum absolute atomic E-state index is 11.7. The molecule has 114 valence electrons. The van der Waals surface area contributed by atoms with Crippen molar-refractivity contribution in [3.8, 4) is 0 Å². The predicted molar refractivity (Wildman–Crippen MR) is 78.2 cm³/mol. The second-order valence-electron chi connectivity index (χ2n) is 5.61. The fourth-order valence-corrected chi connectivity index (χ4v) is 2.10. The monoisotopic (exact) mass is 273 g/mol. The quantitative estimate of drug-likeness (QED) is 0.464. The number of likely N-dealkylation sites (N-methyl/N-ethyl adjacent to an activating group) is 1. The molecule has 0 aromatic carbocycles. The second kappa shape index (κ2) is 10.2. The topological polar surface area (TPSA) is 47.6 Å². The van der Waals surface area contributed by atoms with E-state index in [2.05, 4.69) is 19.2 Å². The molecule has 1 N–H and O–H groups in total. The highest BCUT2D eigenvalue weighted by Crippen LogP contribution is 2.14. The molecule has 4 heteroatoms. The first-order chi connectivity index (χ1) is 8.96. The molecule has 0 saturated carbocycles. The lowest BCUT2D eigenvalue weighted by molar-refractivity contribution is -0.148. The first kappa shape index (κ1) is 18.4. The molecule has 0 aromatic heterocycles. The predicted octanol–water partition coefficient (Wildman–Crippen LogP) is 2.76. The lowest BCUT2D eigenvalue weighted by atomic mass is 9.96. The van der Waals surface area contributed by atoms with Crippen LogP contribution in [0.1, 0.15) is 53.4 Å². The van der Waals surface area contributed by atoms with E-state index < -0.39 is 5.54 Å². The molecule has 0 radical (unpaired) electrons. The van der Waals surface area contributed by atoms with Crippen molar-refractivity contribution in [3.05, 3.63) is 0 Å². The van der Waals surface area contributed by atoms with E-state index in [9.17, 15) is 4.79 Å². The lowest BCUT2D eigenvalue weighted by Gasteiger charge is -2.27. The molecule has 0 aromatic rings. The van der Waals surface area contributed by atoms with Crippen LogP contribution in [0.3, 0.4) is 0 Å². The van der Waals surface area contributed by atoms with E-state index in [1.54, 1.807) is 0 Å². The highest BCUT2D eigenvalue weighted by atomic mass is 16.5. The minimum atomic E-state index is -0.592. The van der Waals surface area contributed by atoms with Crippen molar-refractivity contribution in [2.75, 3.05) is 26.9 Å². The van der Waals surface area contributed by atoms with Crippen LogP contribution >= 0.6 is 0 Å². The van der Waals surface area contributed by atoms with Crippen LogP contribution in [-0.4, -0.2) is 38.4 Å². The zero-order valence-corrected chi connectivity index (χ0v) is 13.3. The Labute approximate surface area is 118 Å². The Hall–Kier alpha value is -0.610. The van der Waals surface area contributed by atoms with Crippen molar-refractivity contribution in [1.82, 2.24) is 5.32 Å². The zero-order chi connectivity index (χ0) is 14.7. The van der Waals surface area contributed by atoms with Crippen molar-refractivity contribution in [3.63, 3.8) is 0 Å². The van der Waals surface area contributed by atoms with Crippen LogP contribution in [0, 0.1) is 5.92 Å². The molecule has 0 aliphatic carbocycles. The maximum atomic E-state index is 11.7. The summed E-state index contributed by atoms with van der Waals surface area (Å²) in [5, 5.41) is 3.20. The molecular weight excluding hydrogens is 242 g/mol. The summed E-state index contributed by atoms with van der Waals surface area (Å²) in [6.45, 7) is 10.6. The van der Waals surface area contributed by atoms with Crippen LogP contribution in [0.4, 0.5) is 0 Å². The number of hydrogen-bond donors (Lipinski definition) is 1. The smallest absolute Gasteiger partial charge is 0.325 e. The van der Waals surface area contributed by atoms with Gasteiger partial charge in [0.1, 0.15) is 5.54 Å². The fourth-order valence-electron chi connectivity index (χ4n) is 2.10. The van der Waals surface area contributed by atoms with E-state index >= 15 is 0 Å². The minimum Gasteiger partial charge on any atom is -0.468 e. The number of carbonyl (C=O) groups excluding carboxylic acids is 1. The summed E-state index contributed by atoms with van der Waals surface area (Å²) >= 11 is 0. The van der Waals surface area contributed by atoms with Crippen LogP contribution in [0.5, 0.6) is 0 Å². The lowest BCUT2D eigenvalue weighted by Crippen LogP contribution is -2.50. The van der Waals surface area contributed by atoms with Gasteiger partial charge in [-0.05, 0) is 45.1 Å². The summed E-state index contributed by atoms with van der Waals surface area (Å²) in [4.78, 5) is 11.7. The molecule has 0 saturated heterocycles.